The molecule has 0 aliphatic rings. The molecule has 3 aromatic rings. The minimum absolute atomic E-state index is 0.0305. The van der Waals surface area contributed by atoms with Crippen molar-refractivity contribution in [1.29, 1.82) is 0 Å². The Balaban J connectivity index is 1.61. The van der Waals surface area contributed by atoms with Crippen molar-refractivity contribution in [3.8, 4) is 0 Å². The third kappa shape index (κ3) is 7.74. The van der Waals surface area contributed by atoms with E-state index in [2.05, 4.69) is 20.4 Å². The van der Waals surface area contributed by atoms with Gasteiger partial charge in [-0.2, -0.15) is 0 Å². The zero-order chi connectivity index (χ0) is 26.9. The summed E-state index contributed by atoms with van der Waals surface area (Å²) in [5.41, 5.74) is 0.382. The van der Waals surface area contributed by atoms with Gasteiger partial charge in [0.1, 0.15) is 24.1 Å². The highest BCUT2D eigenvalue weighted by Crippen LogP contribution is 2.20. The molecule has 1 atom stereocenters. The van der Waals surface area contributed by atoms with E-state index >= 15 is 0 Å². The highest BCUT2D eigenvalue weighted by atomic mass is 35.5. The van der Waals surface area contributed by atoms with E-state index in [4.69, 9.17) is 16.3 Å². The average molecular weight is 535 g/mol. The number of nitrogens with one attached hydrogen (secondary N) is 2. The first-order valence-electron chi connectivity index (χ1n) is 11.2. The fraction of sp³-hybridized carbons (Fsp3) is 0.280. The van der Waals surface area contributed by atoms with Gasteiger partial charge in [-0.1, -0.05) is 23.7 Å². The molecule has 12 heteroatoms. The number of urea groups is 1. The predicted octanol–water partition coefficient (Wildman–Crippen LogP) is 4.88. The van der Waals surface area contributed by atoms with Gasteiger partial charge in [-0.3, -0.25) is 10.1 Å². The van der Waals surface area contributed by atoms with Crippen LogP contribution in [0.25, 0.3) is 10.8 Å². The monoisotopic (exact) mass is 534 g/mol. The fourth-order valence-electron chi connectivity index (χ4n) is 3.41. The molecule has 1 heterocycles. The SMILES string of the molecule is COC(=O)CCC(COC(=O)Nc1cc2cc(F)ccc2cn1)N(C)C(=O)NCc1cccc(F)c1Cl. The van der Waals surface area contributed by atoms with Crippen LogP contribution in [0, 0.1) is 11.6 Å². The van der Waals surface area contributed by atoms with Crippen LogP contribution < -0.4 is 10.6 Å². The van der Waals surface area contributed by atoms with E-state index in [0.717, 1.165) is 0 Å². The summed E-state index contributed by atoms with van der Waals surface area (Å²) in [6.07, 6.45) is 0.730. The number of pyridine rings is 1. The summed E-state index contributed by atoms with van der Waals surface area (Å²) in [5.74, 6) is -1.39. The number of rotatable bonds is 9. The third-order valence-corrected chi connectivity index (χ3v) is 5.98. The van der Waals surface area contributed by atoms with Crippen LogP contribution in [0.2, 0.25) is 5.02 Å². The van der Waals surface area contributed by atoms with E-state index in [-0.39, 0.29) is 36.8 Å². The topological polar surface area (TPSA) is 110 Å². The molecule has 0 aliphatic heterocycles. The van der Waals surface area contributed by atoms with E-state index in [1.165, 1.54) is 55.6 Å². The van der Waals surface area contributed by atoms with Gasteiger partial charge in [0, 0.05) is 31.6 Å². The maximum Gasteiger partial charge on any atom is 0.412 e. The third-order valence-electron chi connectivity index (χ3n) is 5.56. The van der Waals surface area contributed by atoms with Gasteiger partial charge in [0.15, 0.2) is 0 Å². The summed E-state index contributed by atoms with van der Waals surface area (Å²) in [4.78, 5) is 42.1. The number of anilines is 1. The van der Waals surface area contributed by atoms with E-state index in [9.17, 15) is 23.2 Å². The molecule has 2 aromatic carbocycles. The van der Waals surface area contributed by atoms with Gasteiger partial charge < -0.3 is 19.7 Å². The van der Waals surface area contributed by atoms with E-state index < -0.39 is 35.8 Å². The summed E-state index contributed by atoms with van der Waals surface area (Å²) < 4.78 is 37.1. The second-order valence-electron chi connectivity index (χ2n) is 8.04. The molecule has 2 N–H and O–H groups in total. The van der Waals surface area contributed by atoms with Crippen molar-refractivity contribution >= 4 is 46.3 Å². The summed E-state index contributed by atoms with van der Waals surface area (Å²) in [7, 11) is 2.70. The molecule has 0 radical (unpaired) electrons. The molecule has 1 unspecified atom stereocenters. The number of methoxy groups -OCH3 is 1. The molecule has 3 amide bonds. The summed E-state index contributed by atoms with van der Waals surface area (Å²) in [5, 5.41) is 6.21. The first-order valence-corrected chi connectivity index (χ1v) is 11.5. The lowest BCUT2D eigenvalue weighted by atomic mass is 10.1. The summed E-state index contributed by atoms with van der Waals surface area (Å²) in [6.45, 7) is -0.297. The molecule has 1 aromatic heterocycles. The summed E-state index contributed by atoms with van der Waals surface area (Å²) in [6, 6.07) is 8.66. The molecule has 9 nitrogen and oxygen atoms in total. The highest BCUT2D eigenvalue weighted by Gasteiger charge is 2.23. The maximum atomic E-state index is 13.7. The average Bonchev–Trinajstić information content (AvgIpc) is 2.88. The Morgan fingerprint density at radius 3 is 2.68 bits per heavy atom. The van der Waals surface area contributed by atoms with Crippen molar-refractivity contribution in [3.05, 3.63) is 70.9 Å². The largest absolute Gasteiger partial charge is 0.469 e. The van der Waals surface area contributed by atoms with Crippen LogP contribution in [0.5, 0.6) is 0 Å². The van der Waals surface area contributed by atoms with Gasteiger partial charge in [-0.15, -0.1) is 0 Å². The smallest absolute Gasteiger partial charge is 0.412 e. The van der Waals surface area contributed by atoms with Crippen molar-refractivity contribution in [2.45, 2.75) is 25.4 Å². The maximum absolute atomic E-state index is 13.7. The number of amides is 3. The fourth-order valence-corrected chi connectivity index (χ4v) is 3.61. The van der Waals surface area contributed by atoms with Crippen LogP contribution in [0.3, 0.4) is 0 Å². The zero-order valence-corrected chi connectivity index (χ0v) is 20.9. The molecule has 0 spiro atoms. The van der Waals surface area contributed by atoms with E-state index in [1.807, 2.05) is 0 Å². The van der Waals surface area contributed by atoms with E-state index in [1.54, 1.807) is 12.1 Å². The van der Waals surface area contributed by atoms with Crippen LogP contribution in [0.4, 0.5) is 24.2 Å². The lowest BCUT2D eigenvalue weighted by Crippen LogP contribution is -2.46. The molecule has 0 fully saturated rings. The number of carbonyl (C=O) groups is 3. The second-order valence-corrected chi connectivity index (χ2v) is 8.41. The Kier molecular flexibility index (Phi) is 9.56. The number of hydrogen-bond acceptors (Lipinski definition) is 6. The lowest BCUT2D eigenvalue weighted by Gasteiger charge is -2.28. The second kappa shape index (κ2) is 12.8. The van der Waals surface area contributed by atoms with Gasteiger partial charge in [0.05, 0.1) is 18.2 Å². The van der Waals surface area contributed by atoms with Crippen molar-refractivity contribution in [2.24, 2.45) is 0 Å². The first kappa shape index (κ1) is 27.6. The molecule has 0 saturated carbocycles. The number of ether oxygens (including phenoxy) is 2. The van der Waals surface area contributed by atoms with Gasteiger partial charge >= 0.3 is 18.1 Å². The van der Waals surface area contributed by atoms with Gasteiger partial charge in [0.25, 0.3) is 0 Å². The Hall–Kier alpha value is -3.99. The number of fused-ring (bicyclic) bond motifs is 1. The Morgan fingerprint density at radius 2 is 1.92 bits per heavy atom. The minimum Gasteiger partial charge on any atom is -0.469 e. The minimum atomic E-state index is -0.855. The Labute approximate surface area is 216 Å². The lowest BCUT2D eigenvalue weighted by molar-refractivity contribution is -0.141. The number of aromatic nitrogens is 1. The number of esters is 1. The normalized spacial score (nSPS) is 11.5. The molecule has 196 valence electrons. The van der Waals surface area contributed by atoms with Crippen LogP contribution >= 0.6 is 11.6 Å². The van der Waals surface area contributed by atoms with Crippen molar-refractivity contribution in [3.63, 3.8) is 0 Å². The van der Waals surface area contributed by atoms with Gasteiger partial charge in [0.2, 0.25) is 0 Å². The van der Waals surface area contributed by atoms with Crippen LogP contribution in [-0.2, 0) is 20.8 Å². The molecule has 37 heavy (non-hydrogen) atoms. The number of likely N-dealkylation sites (N-methyl/N-ethyl adjacent to an activating group) is 1. The molecule has 0 aliphatic carbocycles. The van der Waals surface area contributed by atoms with Gasteiger partial charge in [-0.25, -0.2) is 23.4 Å². The molecule has 0 saturated heterocycles. The highest BCUT2D eigenvalue weighted by molar-refractivity contribution is 6.31. The number of carbonyl (C=O) groups excluding carboxylic acids is 3. The molecule has 0 bridgehead atoms. The van der Waals surface area contributed by atoms with Crippen LogP contribution in [0.1, 0.15) is 18.4 Å². The number of halogens is 3. The van der Waals surface area contributed by atoms with Crippen molar-refractivity contribution < 1.29 is 32.6 Å². The van der Waals surface area contributed by atoms with Crippen LogP contribution in [-0.4, -0.2) is 54.8 Å². The standard InChI is InChI=1S/C25H25ClF2N4O5/c1-32(24(34)30-13-16-4-3-5-20(28)23(16)26)19(8-9-22(33)36-2)14-37-25(35)31-21-11-17-10-18(27)7-6-15(17)12-29-21/h3-7,10-12,19H,8-9,13-14H2,1-2H3,(H,30,34)(H,29,31,35). The molecule has 3 rings (SSSR count). The van der Waals surface area contributed by atoms with Gasteiger partial charge in [-0.05, 0) is 47.7 Å². The zero-order valence-electron chi connectivity index (χ0n) is 20.1. The summed E-state index contributed by atoms with van der Waals surface area (Å²) >= 11 is 5.93. The first-order chi connectivity index (χ1) is 17.7. The Bertz CT molecular complexity index is 1290. The number of nitrogens with zero attached hydrogens (tertiary/aromatic N) is 2. The number of hydrogen-bond donors (Lipinski definition) is 2. The molecular formula is C25H25ClF2N4O5. The van der Waals surface area contributed by atoms with Crippen molar-refractivity contribution in [1.82, 2.24) is 15.2 Å². The Morgan fingerprint density at radius 1 is 1.14 bits per heavy atom. The van der Waals surface area contributed by atoms with Crippen molar-refractivity contribution in [2.75, 3.05) is 26.1 Å². The van der Waals surface area contributed by atoms with Crippen LogP contribution in [0.15, 0.2) is 48.7 Å². The van der Waals surface area contributed by atoms with E-state index in [0.29, 0.717) is 16.3 Å². The molecular weight excluding hydrogens is 510 g/mol. The predicted molar refractivity (Wildman–Crippen MR) is 133 cm³/mol. The quantitative estimate of drug-likeness (QED) is 0.379. The number of benzene rings is 2.